The molecule has 120 valence electrons. The second kappa shape index (κ2) is 9.04. The van der Waals surface area contributed by atoms with Gasteiger partial charge in [0.05, 0.1) is 19.3 Å². The van der Waals surface area contributed by atoms with Gasteiger partial charge in [-0.3, -0.25) is 4.79 Å². The molecule has 0 aromatic rings. The van der Waals surface area contributed by atoms with Gasteiger partial charge in [0.1, 0.15) is 13.2 Å². The largest absolute Gasteiger partial charge is 0.463 e. The fraction of sp³-hybridized carbons (Fsp3) is 0.812. The summed E-state index contributed by atoms with van der Waals surface area (Å²) < 4.78 is 21.9. The molecule has 1 heterocycles. The topological polar surface area (TPSA) is 54.0 Å². The van der Waals surface area contributed by atoms with Crippen LogP contribution in [0.15, 0.2) is 0 Å². The Labute approximate surface area is 127 Å². The van der Waals surface area contributed by atoms with Crippen LogP contribution in [0.3, 0.4) is 0 Å². The molecule has 1 saturated heterocycles. The number of esters is 1. The van der Waals surface area contributed by atoms with Crippen molar-refractivity contribution >= 4 is 5.97 Å². The smallest absolute Gasteiger partial charge is 0.302 e. The number of rotatable bonds is 7. The summed E-state index contributed by atoms with van der Waals surface area (Å²) in [6.45, 7) is 9.21. The third-order valence-electron chi connectivity index (χ3n) is 4.13. The number of carbonyl (C=O) groups excluding carboxylic acids is 1. The van der Waals surface area contributed by atoms with Gasteiger partial charge in [0, 0.05) is 12.8 Å². The first-order valence-corrected chi connectivity index (χ1v) is 7.39. The molecule has 5 atom stereocenters. The summed E-state index contributed by atoms with van der Waals surface area (Å²) in [6.07, 6.45) is 4.65. The number of hydrogen-bond donors (Lipinski definition) is 0. The molecule has 1 rings (SSSR count). The molecule has 0 amide bonds. The maximum absolute atomic E-state index is 11.0. The molecule has 0 N–H and O–H groups in total. The SMILES string of the molecule is C#CCOCCOC1OC(COC(C)=O)C(C)C(C)C1C. The molecule has 5 heteroatoms. The molecule has 0 saturated carbocycles. The minimum absolute atomic E-state index is 0.142. The molecule has 0 aliphatic carbocycles. The first-order valence-electron chi connectivity index (χ1n) is 7.39. The maximum atomic E-state index is 11.0. The Morgan fingerprint density at radius 2 is 1.90 bits per heavy atom. The van der Waals surface area contributed by atoms with Gasteiger partial charge in [0.25, 0.3) is 0 Å². The van der Waals surface area contributed by atoms with E-state index < -0.39 is 0 Å². The van der Waals surface area contributed by atoms with E-state index in [9.17, 15) is 4.79 Å². The van der Waals surface area contributed by atoms with Crippen LogP contribution >= 0.6 is 0 Å². The Balaban J connectivity index is 2.46. The van der Waals surface area contributed by atoms with Crippen LogP contribution in [0, 0.1) is 30.1 Å². The monoisotopic (exact) mass is 298 g/mol. The average Bonchev–Trinajstić information content (AvgIpc) is 2.45. The van der Waals surface area contributed by atoms with Gasteiger partial charge in [0.2, 0.25) is 0 Å². The lowest BCUT2D eigenvalue weighted by atomic mass is 9.79. The fourth-order valence-corrected chi connectivity index (χ4v) is 2.42. The lowest BCUT2D eigenvalue weighted by molar-refractivity contribution is -0.257. The molecule has 5 unspecified atom stereocenters. The summed E-state index contributed by atoms with van der Waals surface area (Å²) in [6, 6.07) is 0. The van der Waals surface area contributed by atoms with Crippen molar-refractivity contribution in [3.05, 3.63) is 0 Å². The standard InChI is InChI=1S/C16H26O5/c1-6-7-18-8-9-19-16-13(4)11(2)12(3)15(21-16)10-20-14(5)17/h1,11-13,15-16H,7-10H2,2-5H3. The molecular formula is C16H26O5. The Hall–Kier alpha value is -1.09. The summed E-state index contributed by atoms with van der Waals surface area (Å²) in [5, 5.41) is 0. The average molecular weight is 298 g/mol. The van der Waals surface area contributed by atoms with Crippen LogP contribution in [0.4, 0.5) is 0 Å². The van der Waals surface area contributed by atoms with Crippen LogP contribution in [0.25, 0.3) is 0 Å². The van der Waals surface area contributed by atoms with Gasteiger partial charge in [-0.05, 0) is 11.8 Å². The second-order valence-electron chi connectivity index (χ2n) is 5.55. The summed E-state index contributed by atoms with van der Waals surface area (Å²) in [4.78, 5) is 11.0. The highest BCUT2D eigenvalue weighted by Gasteiger charge is 2.39. The molecule has 1 fully saturated rings. The van der Waals surface area contributed by atoms with Gasteiger partial charge in [-0.15, -0.1) is 6.42 Å². The molecule has 5 nitrogen and oxygen atoms in total. The summed E-state index contributed by atoms with van der Waals surface area (Å²) in [5.74, 6) is 3.09. The van der Waals surface area contributed by atoms with Gasteiger partial charge in [-0.2, -0.15) is 0 Å². The lowest BCUT2D eigenvalue weighted by Gasteiger charge is -2.43. The van der Waals surface area contributed by atoms with Gasteiger partial charge >= 0.3 is 5.97 Å². The normalized spacial score (nSPS) is 32.4. The highest BCUT2D eigenvalue weighted by Crippen LogP contribution is 2.35. The number of terminal acetylenes is 1. The quantitative estimate of drug-likeness (QED) is 0.408. The highest BCUT2D eigenvalue weighted by atomic mass is 16.7. The molecule has 0 aromatic carbocycles. The summed E-state index contributed by atoms with van der Waals surface area (Å²) in [7, 11) is 0. The number of carbonyl (C=O) groups is 1. The van der Waals surface area contributed by atoms with Gasteiger partial charge in [-0.25, -0.2) is 0 Å². The van der Waals surface area contributed by atoms with Crippen LogP contribution in [0.2, 0.25) is 0 Å². The minimum atomic E-state index is -0.314. The van der Waals surface area contributed by atoms with Gasteiger partial charge in [0.15, 0.2) is 6.29 Å². The van der Waals surface area contributed by atoms with Crippen LogP contribution in [-0.4, -0.2) is 44.8 Å². The molecule has 1 aliphatic heterocycles. The zero-order valence-corrected chi connectivity index (χ0v) is 13.3. The minimum Gasteiger partial charge on any atom is -0.463 e. The molecule has 0 radical (unpaired) electrons. The van der Waals surface area contributed by atoms with Crippen LogP contribution in [0.1, 0.15) is 27.7 Å². The molecular weight excluding hydrogens is 272 g/mol. The van der Waals surface area contributed by atoms with Gasteiger partial charge in [-0.1, -0.05) is 26.7 Å². The van der Waals surface area contributed by atoms with Crippen molar-refractivity contribution in [2.75, 3.05) is 26.4 Å². The van der Waals surface area contributed by atoms with Crippen LogP contribution < -0.4 is 0 Å². The van der Waals surface area contributed by atoms with E-state index in [1.54, 1.807) is 0 Å². The first kappa shape index (κ1) is 18.0. The van der Waals surface area contributed by atoms with E-state index in [0.29, 0.717) is 25.0 Å². The zero-order valence-electron chi connectivity index (χ0n) is 13.3. The molecule has 1 aliphatic rings. The van der Waals surface area contributed by atoms with Crippen molar-refractivity contribution in [1.29, 1.82) is 0 Å². The maximum Gasteiger partial charge on any atom is 0.302 e. The van der Waals surface area contributed by atoms with Gasteiger partial charge < -0.3 is 18.9 Å². The summed E-state index contributed by atoms with van der Waals surface area (Å²) >= 11 is 0. The Bertz CT molecular complexity index is 362. The first-order chi connectivity index (χ1) is 9.97. The van der Waals surface area contributed by atoms with E-state index in [1.165, 1.54) is 6.92 Å². The van der Waals surface area contributed by atoms with Crippen molar-refractivity contribution in [2.45, 2.75) is 40.1 Å². The van der Waals surface area contributed by atoms with Crippen molar-refractivity contribution in [3.63, 3.8) is 0 Å². The van der Waals surface area contributed by atoms with Crippen molar-refractivity contribution in [3.8, 4) is 12.3 Å². The van der Waals surface area contributed by atoms with E-state index in [-0.39, 0.29) is 37.5 Å². The predicted molar refractivity (Wildman–Crippen MR) is 78.4 cm³/mol. The second-order valence-corrected chi connectivity index (χ2v) is 5.55. The third kappa shape index (κ3) is 5.66. The van der Waals surface area contributed by atoms with Crippen molar-refractivity contribution < 1.29 is 23.7 Å². The predicted octanol–water partition coefficient (Wildman–Crippen LogP) is 1.85. The number of ether oxygens (including phenoxy) is 4. The molecule has 0 spiro atoms. The highest BCUT2D eigenvalue weighted by molar-refractivity contribution is 5.65. The van der Waals surface area contributed by atoms with E-state index in [1.807, 2.05) is 0 Å². The third-order valence-corrected chi connectivity index (χ3v) is 4.13. The lowest BCUT2D eigenvalue weighted by Crippen LogP contribution is -2.48. The Morgan fingerprint density at radius 1 is 1.19 bits per heavy atom. The van der Waals surface area contributed by atoms with Crippen molar-refractivity contribution in [2.24, 2.45) is 17.8 Å². The number of hydrogen-bond acceptors (Lipinski definition) is 5. The van der Waals surface area contributed by atoms with E-state index in [2.05, 4.69) is 26.7 Å². The van der Waals surface area contributed by atoms with E-state index in [0.717, 1.165) is 0 Å². The molecule has 0 bridgehead atoms. The van der Waals surface area contributed by atoms with Crippen LogP contribution in [0.5, 0.6) is 0 Å². The summed E-state index contributed by atoms with van der Waals surface area (Å²) in [5.41, 5.74) is 0. The Morgan fingerprint density at radius 3 is 2.52 bits per heavy atom. The van der Waals surface area contributed by atoms with Crippen LogP contribution in [-0.2, 0) is 23.7 Å². The van der Waals surface area contributed by atoms with E-state index in [4.69, 9.17) is 25.4 Å². The zero-order chi connectivity index (χ0) is 15.8. The molecule has 0 aromatic heterocycles. The molecule has 21 heavy (non-hydrogen) atoms. The van der Waals surface area contributed by atoms with E-state index >= 15 is 0 Å². The van der Waals surface area contributed by atoms with Crippen molar-refractivity contribution in [1.82, 2.24) is 0 Å². The fourth-order valence-electron chi connectivity index (χ4n) is 2.42. The Kier molecular flexibility index (Phi) is 7.73.